The van der Waals surface area contributed by atoms with E-state index < -0.39 is 11.2 Å². The molecule has 6 heteroatoms. The van der Waals surface area contributed by atoms with Gasteiger partial charge >= 0.3 is 5.69 Å². The average molecular weight is 212 g/mol. The van der Waals surface area contributed by atoms with Crippen LogP contribution in [0.25, 0.3) is 0 Å². The van der Waals surface area contributed by atoms with Crippen molar-refractivity contribution < 1.29 is 0 Å². The van der Waals surface area contributed by atoms with Gasteiger partial charge in [0.15, 0.2) is 0 Å². The summed E-state index contributed by atoms with van der Waals surface area (Å²) in [4.78, 5) is 23.1. The lowest BCUT2D eigenvalue weighted by Crippen LogP contribution is -2.40. The van der Waals surface area contributed by atoms with Crippen LogP contribution >= 0.6 is 0 Å². The van der Waals surface area contributed by atoms with Crippen LogP contribution in [-0.4, -0.2) is 15.2 Å². The van der Waals surface area contributed by atoms with Crippen LogP contribution < -0.4 is 22.3 Å². The van der Waals surface area contributed by atoms with Crippen molar-refractivity contribution in [1.82, 2.24) is 9.13 Å². The molecule has 0 aliphatic rings. The molecule has 0 unspecified atom stereocenters. The summed E-state index contributed by atoms with van der Waals surface area (Å²) in [6.07, 6.45) is 0. The van der Waals surface area contributed by atoms with Gasteiger partial charge in [-0.25, -0.2) is 4.79 Å². The minimum absolute atomic E-state index is 0.0632. The molecule has 1 rings (SSSR count). The molecule has 0 amide bonds. The molecule has 1 aromatic heterocycles. The van der Waals surface area contributed by atoms with Crippen LogP contribution in [0.1, 0.15) is 13.8 Å². The molecule has 0 spiro atoms. The van der Waals surface area contributed by atoms with Gasteiger partial charge in [-0.2, -0.15) is 0 Å². The average Bonchev–Trinajstić information content (AvgIpc) is 2.18. The van der Waals surface area contributed by atoms with Crippen molar-refractivity contribution in [2.75, 3.05) is 11.1 Å². The van der Waals surface area contributed by atoms with E-state index in [-0.39, 0.29) is 11.7 Å². The van der Waals surface area contributed by atoms with Gasteiger partial charge in [0.2, 0.25) is 0 Å². The van der Waals surface area contributed by atoms with Crippen molar-refractivity contribution in [3.63, 3.8) is 0 Å². The number of nitrogens with zero attached hydrogens (tertiary/aromatic N) is 2. The Hall–Kier alpha value is -1.72. The van der Waals surface area contributed by atoms with Crippen molar-refractivity contribution in [2.24, 2.45) is 14.1 Å². The van der Waals surface area contributed by atoms with Crippen molar-refractivity contribution in [3.05, 3.63) is 20.8 Å². The van der Waals surface area contributed by atoms with Gasteiger partial charge in [0, 0.05) is 20.1 Å². The van der Waals surface area contributed by atoms with Crippen LogP contribution in [0.4, 0.5) is 11.5 Å². The van der Waals surface area contributed by atoms with Crippen LogP contribution in [0.15, 0.2) is 9.59 Å². The molecule has 0 aliphatic heterocycles. The first-order valence-electron chi connectivity index (χ1n) is 4.68. The summed E-state index contributed by atoms with van der Waals surface area (Å²) in [5.41, 5.74) is 4.85. The number of aromatic nitrogens is 2. The van der Waals surface area contributed by atoms with E-state index in [4.69, 9.17) is 5.73 Å². The van der Waals surface area contributed by atoms with Crippen molar-refractivity contribution >= 4 is 11.5 Å². The first-order chi connectivity index (χ1) is 6.86. The van der Waals surface area contributed by atoms with E-state index in [9.17, 15) is 9.59 Å². The normalized spacial score (nSPS) is 10.7. The second-order valence-electron chi connectivity index (χ2n) is 3.77. The highest BCUT2D eigenvalue weighted by molar-refractivity contribution is 5.60. The van der Waals surface area contributed by atoms with E-state index in [2.05, 4.69) is 5.32 Å². The zero-order chi connectivity index (χ0) is 11.7. The quantitative estimate of drug-likeness (QED) is 0.691. The number of nitrogen functional groups attached to an aromatic ring is 1. The summed E-state index contributed by atoms with van der Waals surface area (Å²) in [5.74, 6) is 0.373. The maximum Gasteiger partial charge on any atom is 0.332 e. The third-order valence-electron chi connectivity index (χ3n) is 2.12. The predicted octanol–water partition coefficient (Wildman–Crippen LogP) is -0.513. The van der Waals surface area contributed by atoms with Gasteiger partial charge in [-0.1, -0.05) is 0 Å². The smallest absolute Gasteiger partial charge is 0.332 e. The monoisotopic (exact) mass is 212 g/mol. The third kappa shape index (κ3) is 1.88. The van der Waals surface area contributed by atoms with Gasteiger partial charge < -0.3 is 11.1 Å². The van der Waals surface area contributed by atoms with Gasteiger partial charge in [0.05, 0.1) is 0 Å². The molecular formula is C9H16N4O2. The molecule has 0 aromatic carbocycles. The molecule has 15 heavy (non-hydrogen) atoms. The molecule has 6 nitrogen and oxygen atoms in total. The van der Waals surface area contributed by atoms with Crippen molar-refractivity contribution in [3.8, 4) is 0 Å². The lowest BCUT2D eigenvalue weighted by molar-refractivity contribution is 0.687. The van der Waals surface area contributed by atoms with E-state index in [0.717, 1.165) is 4.57 Å². The molecule has 3 N–H and O–H groups in total. The standard InChI is InChI=1S/C9H16N4O2/c1-5(2)11-7-6(10)8(14)13(4)9(15)12(7)3/h5,11H,10H2,1-4H3. The maximum absolute atomic E-state index is 11.6. The molecule has 0 saturated carbocycles. The molecule has 84 valence electrons. The number of hydrogen-bond acceptors (Lipinski definition) is 4. The Morgan fingerprint density at radius 3 is 2.20 bits per heavy atom. The van der Waals surface area contributed by atoms with E-state index >= 15 is 0 Å². The highest BCUT2D eigenvalue weighted by atomic mass is 16.2. The largest absolute Gasteiger partial charge is 0.391 e. The highest BCUT2D eigenvalue weighted by Gasteiger charge is 2.12. The van der Waals surface area contributed by atoms with Gasteiger partial charge in [0.25, 0.3) is 5.56 Å². The zero-order valence-corrected chi connectivity index (χ0v) is 9.37. The Kier molecular flexibility index (Phi) is 2.88. The SMILES string of the molecule is CC(C)Nc1c(N)c(=O)n(C)c(=O)n1C. The van der Waals surface area contributed by atoms with Gasteiger partial charge in [-0.3, -0.25) is 13.9 Å². The summed E-state index contributed by atoms with van der Waals surface area (Å²) in [7, 11) is 2.98. The minimum Gasteiger partial charge on any atom is -0.391 e. The number of hydrogen-bond donors (Lipinski definition) is 2. The predicted molar refractivity (Wildman–Crippen MR) is 60.1 cm³/mol. The van der Waals surface area contributed by atoms with Crippen LogP contribution in [0.2, 0.25) is 0 Å². The van der Waals surface area contributed by atoms with Crippen LogP contribution in [0, 0.1) is 0 Å². The number of anilines is 2. The highest BCUT2D eigenvalue weighted by Crippen LogP contribution is 2.10. The fourth-order valence-corrected chi connectivity index (χ4v) is 1.32. The second kappa shape index (κ2) is 3.80. The third-order valence-corrected chi connectivity index (χ3v) is 2.12. The van der Waals surface area contributed by atoms with Gasteiger partial charge in [0.1, 0.15) is 11.5 Å². The molecule has 1 aromatic rings. The number of nitrogens with two attached hydrogens (primary N) is 1. The molecule has 0 aliphatic carbocycles. The topological polar surface area (TPSA) is 82.1 Å². The molecule has 0 radical (unpaired) electrons. The summed E-state index contributed by atoms with van der Waals surface area (Å²) >= 11 is 0. The van der Waals surface area contributed by atoms with Crippen LogP contribution in [-0.2, 0) is 14.1 Å². The fourth-order valence-electron chi connectivity index (χ4n) is 1.32. The lowest BCUT2D eigenvalue weighted by Gasteiger charge is -2.16. The Labute approximate surface area is 87.3 Å². The number of nitrogens with one attached hydrogen (secondary N) is 1. The van der Waals surface area contributed by atoms with Gasteiger partial charge in [-0.15, -0.1) is 0 Å². The van der Waals surface area contributed by atoms with Crippen molar-refractivity contribution in [1.29, 1.82) is 0 Å². The van der Waals surface area contributed by atoms with Crippen LogP contribution in [0.5, 0.6) is 0 Å². The van der Waals surface area contributed by atoms with Crippen molar-refractivity contribution in [2.45, 2.75) is 19.9 Å². The van der Waals surface area contributed by atoms with E-state index in [1.165, 1.54) is 11.6 Å². The minimum atomic E-state index is -0.471. The fraction of sp³-hybridized carbons (Fsp3) is 0.556. The molecule has 0 atom stereocenters. The summed E-state index contributed by atoms with van der Waals surface area (Å²) in [5, 5.41) is 2.97. The Bertz CT molecular complexity index is 447. The molecule has 0 bridgehead atoms. The Morgan fingerprint density at radius 2 is 1.73 bits per heavy atom. The Morgan fingerprint density at radius 1 is 1.20 bits per heavy atom. The first-order valence-corrected chi connectivity index (χ1v) is 4.68. The summed E-state index contributed by atoms with van der Waals surface area (Å²) in [6, 6.07) is 0.102. The van der Waals surface area contributed by atoms with E-state index in [1.807, 2.05) is 13.8 Å². The molecular weight excluding hydrogens is 196 g/mol. The summed E-state index contributed by atoms with van der Waals surface area (Å²) < 4.78 is 2.32. The molecule has 1 heterocycles. The van der Waals surface area contributed by atoms with Gasteiger partial charge in [-0.05, 0) is 13.8 Å². The second-order valence-corrected chi connectivity index (χ2v) is 3.77. The summed E-state index contributed by atoms with van der Waals surface area (Å²) in [6.45, 7) is 3.81. The van der Waals surface area contributed by atoms with E-state index in [1.54, 1.807) is 7.05 Å². The first kappa shape index (κ1) is 11.4. The van der Waals surface area contributed by atoms with E-state index in [0.29, 0.717) is 5.82 Å². The lowest BCUT2D eigenvalue weighted by atomic mass is 10.3. The van der Waals surface area contributed by atoms with Crippen LogP contribution in [0.3, 0.4) is 0 Å². The number of rotatable bonds is 2. The molecule has 0 saturated heterocycles. The Balaban J connectivity index is 3.53. The zero-order valence-electron chi connectivity index (χ0n) is 9.37. The molecule has 0 fully saturated rings. The maximum atomic E-state index is 11.6.